The molecule has 0 atom stereocenters. The molecular formula is C18H33N5OS. The van der Waals surface area contributed by atoms with Gasteiger partial charge in [-0.25, -0.2) is 9.98 Å². The maximum Gasteiger partial charge on any atom is 0.191 e. The highest BCUT2D eigenvalue weighted by Gasteiger charge is 2.12. The third-order valence-electron chi connectivity index (χ3n) is 4.22. The van der Waals surface area contributed by atoms with Gasteiger partial charge in [0.25, 0.3) is 0 Å². The Balaban J connectivity index is 1.73. The zero-order chi connectivity index (χ0) is 17.9. The number of thiazole rings is 1. The molecule has 1 aliphatic rings. The van der Waals surface area contributed by atoms with Gasteiger partial charge in [-0.1, -0.05) is 25.7 Å². The van der Waals surface area contributed by atoms with Crippen molar-refractivity contribution in [2.45, 2.75) is 58.1 Å². The molecule has 0 aliphatic heterocycles. The van der Waals surface area contributed by atoms with Gasteiger partial charge in [-0.15, -0.1) is 11.3 Å². The predicted octanol–water partition coefficient (Wildman–Crippen LogP) is 3.00. The van der Waals surface area contributed by atoms with Crippen LogP contribution in [0.4, 0.5) is 5.13 Å². The fourth-order valence-corrected chi connectivity index (χ4v) is 3.63. The van der Waals surface area contributed by atoms with Crippen molar-refractivity contribution in [3.63, 3.8) is 0 Å². The molecule has 1 fully saturated rings. The molecule has 0 aromatic carbocycles. The molecular weight excluding hydrogens is 334 g/mol. The molecule has 6 nitrogen and oxygen atoms in total. The minimum Gasteiger partial charge on any atom is -0.376 e. The number of hydrogen-bond acceptors (Lipinski definition) is 5. The van der Waals surface area contributed by atoms with E-state index in [2.05, 4.69) is 32.9 Å². The second kappa shape index (κ2) is 11.3. The lowest BCUT2D eigenvalue weighted by Gasteiger charge is -2.16. The van der Waals surface area contributed by atoms with E-state index in [9.17, 15) is 0 Å². The molecule has 0 radical (unpaired) electrons. The number of guanidine groups is 1. The van der Waals surface area contributed by atoms with Crippen LogP contribution >= 0.6 is 11.3 Å². The normalized spacial score (nSPS) is 16.5. The van der Waals surface area contributed by atoms with E-state index in [0.717, 1.165) is 36.5 Å². The van der Waals surface area contributed by atoms with Crippen LogP contribution in [-0.4, -0.2) is 50.8 Å². The molecule has 7 heteroatoms. The Hall–Kier alpha value is -1.34. The van der Waals surface area contributed by atoms with Crippen molar-refractivity contribution in [3.05, 3.63) is 11.1 Å². The summed E-state index contributed by atoms with van der Waals surface area (Å²) in [6.07, 6.45) is 8.22. The van der Waals surface area contributed by atoms with Crippen LogP contribution < -0.4 is 15.5 Å². The topological polar surface area (TPSA) is 61.8 Å². The van der Waals surface area contributed by atoms with Gasteiger partial charge in [0.05, 0.1) is 24.9 Å². The first kappa shape index (κ1) is 20.0. The van der Waals surface area contributed by atoms with E-state index in [4.69, 9.17) is 4.74 Å². The number of hydrogen-bond donors (Lipinski definition) is 2. The van der Waals surface area contributed by atoms with Crippen molar-refractivity contribution in [1.29, 1.82) is 0 Å². The Morgan fingerprint density at radius 2 is 2.04 bits per heavy atom. The number of anilines is 1. The first-order chi connectivity index (χ1) is 12.2. The third-order valence-corrected chi connectivity index (χ3v) is 5.27. The molecule has 0 spiro atoms. The monoisotopic (exact) mass is 367 g/mol. The molecule has 1 aromatic heterocycles. The zero-order valence-corrected chi connectivity index (χ0v) is 16.7. The Morgan fingerprint density at radius 3 is 2.68 bits per heavy atom. The number of ether oxygens (including phenoxy) is 1. The molecule has 25 heavy (non-hydrogen) atoms. The van der Waals surface area contributed by atoms with Crippen LogP contribution in [0.5, 0.6) is 0 Å². The maximum absolute atomic E-state index is 6.02. The smallest absolute Gasteiger partial charge is 0.191 e. The van der Waals surface area contributed by atoms with Gasteiger partial charge in [0.2, 0.25) is 0 Å². The summed E-state index contributed by atoms with van der Waals surface area (Å²) in [5, 5.41) is 9.72. The van der Waals surface area contributed by atoms with E-state index >= 15 is 0 Å². The van der Waals surface area contributed by atoms with Crippen LogP contribution in [0.25, 0.3) is 0 Å². The number of aromatic nitrogens is 1. The Morgan fingerprint density at radius 1 is 1.28 bits per heavy atom. The van der Waals surface area contributed by atoms with Crippen molar-refractivity contribution >= 4 is 22.4 Å². The predicted molar refractivity (Wildman–Crippen MR) is 107 cm³/mol. The third kappa shape index (κ3) is 7.61. The van der Waals surface area contributed by atoms with E-state index in [1.54, 1.807) is 11.3 Å². The second-order valence-electron chi connectivity index (χ2n) is 6.62. The summed E-state index contributed by atoms with van der Waals surface area (Å²) in [6.45, 7) is 5.02. The van der Waals surface area contributed by atoms with E-state index in [1.165, 1.54) is 38.5 Å². The molecule has 0 unspecified atom stereocenters. The summed E-state index contributed by atoms with van der Waals surface area (Å²) in [4.78, 5) is 11.2. The molecule has 0 amide bonds. The van der Waals surface area contributed by atoms with Gasteiger partial charge in [-0.05, 0) is 19.8 Å². The fourth-order valence-electron chi connectivity index (χ4n) is 2.88. The highest BCUT2D eigenvalue weighted by molar-refractivity contribution is 7.13. The van der Waals surface area contributed by atoms with Gasteiger partial charge in [0, 0.05) is 32.6 Å². The van der Waals surface area contributed by atoms with Crippen LogP contribution in [0.2, 0.25) is 0 Å². The van der Waals surface area contributed by atoms with Gasteiger partial charge in [0.1, 0.15) is 0 Å². The minimum absolute atomic E-state index is 0.447. The summed E-state index contributed by atoms with van der Waals surface area (Å²) < 4.78 is 6.02. The lowest BCUT2D eigenvalue weighted by atomic mass is 10.1. The van der Waals surface area contributed by atoms with E-state index < -0.39 is 0 Å². The van der Waals surface area contributed by atoms with Crippen LogP contribution in [0.3, 0.4) is 0 Å². The average molecular weight is 368 g/mol. The summed E-state index contributed by atoms with van der Waals surface area (Å²) in [5.74, 6) is 0.825. The number of rotatable bonds is 8. The quantitative estimate of drug-likeness (QED) is 0.320. The van der Waals surface area contributed by atoms with Gasteiger partial charge in [-0.3, -0.25) is 0 Å². The largest absolute Gasteiger partial charge is 0.376 e. The van der Waals surface area contributed by atoms with Gasteiger partial charge in [0.15, 0.2) is 11.1 Å². The molecule has 2 rings (SSSR count). The summed E-state index contributed by atoms with van der Waals surface area (Å²) in [5.41, 5.74) is 1.00. The van der Waals surface area contributed by atoms with Crippen LogP contribution in [0.15, 0.2) is 10.4 Å². The zero-order valence-electron chi connectivity index (χ0n) is 15.9. The molecule has 2 N–H and O–H groups in total. The summed E-state index contributed by atoms with van der Waals surface area (Å²) >= 11 is 1.65. The molecule has 1 aliphatic carbocycles. The van der Waals surface area contributed by atoms with Crippen molar-refractivity contribution in [2.75, 3.05) is 38.7 Å². The molecule has 1 aromatic rings. The molecule has 142 valence electrons. The SMILES string of the molecule is CCNC(=NCc1csc(N(C)C)n1)NCCOC1CCCCCC1. The maximum atomic E-state index is 6.02. The summed E-state index contributed by atoms with van der Waals surface area (Å²) in [7, 11) is 4.01. The average Bonchev–Trinajstić information content (AvgIpc) is 2.93. The Kier molecular flexibility index (Phi) is 9.04. The van der Waals surface area contributed by atoms with Gasteiger partial charge in [-0.2, -0.15) is 0 Å². The van der Waals surface area contributed by atoms with E-state index in [1.807, 2.05) is 19.0 Å². The van der Waals surface area contributed by atoms with E-state index in [0.29, 0.717) is 12.6 Å². The Bertz CT molecular complexity index is 509. The highest BCUT2D eigenvalue weighted by Crippen LogP contribution is 2.19. The highest BCUT2D eigenvalue weighted by atomic mass is 32.1. The van der Waals surface area contributed by atoms with Crippen LogP contribution in [-0.2, 0) is 11.3 Å². The van der Waals surface area contributed by atoms with Gasteiger partial charge >= 0.3 is 0 Å². The van der Waals surface area contributed by atoms with Crippen molar-refractivity contribution in [2.24, 2.45) is 4.99 Å². The van der Waals surface area contributed by atoms with Crippen molar-refractivity contribution < 1.29 is 4.74 Å². The number of nitrogens with one attached hydrogen (secondary N) is 2. The molecule has 1 heterocycles. The van der Waals surface area contributed by atoms with Crippen molar-refractivity contribution in [1.82, 2.24) is 15.6 Å². The van der Waals surface area contributed by atoms with Gasteiger partial charge < -0.3 is 20.3 Å². The molecule has 0 saturated heterocycles. The lowest BCUT2D eigenvalue weighted by molar-refractivity contribution is 0.0468. The lowest BCUT2D eigenvalue weighted by Crippen LogP contribution is -2.39. The first-order valence-corrected chi connectivity index (χ1v) is 10.3. The molecule has 0 bridgehead atoms. The van der Waals surface area contributed by atoms with Crippen molar-refractivity contribution in [3.8, 4) is 0 Å². The summed E-state index contributed by atoms with van der Waals surface area (Å²) in [6, 6.07) is 0. The van der Waals surface area contributed by atoms with E-state index in [-0.39, 0.29) is 0 Å². The Labute approximate surface area is 156 Å². The second-order valence-corrected chi connectivity index (χ2v) is 7.46. The molecule has 1 saturated carbocycles. The number of aliphatic imine (C=N–C) groups is 1. The first-order valence-electron chi connectivity index (χ1n) is 9.44. The standard InChI is InChI=1S/C18H33N5OS/c1-4-19-17(21-13-15-14-25-18(22-15)23(2)3)20-11-12-24-16-9-7-5-6-8-10-16/h14,16H,4-13H2,1-3H3,(H2,19,20,21). The van der Waals surface area contributed by atoms with Crippen LogP contribution in [0.1, 0.15) is 51.1 Å². The van der Waals surface area contributed by atoms with Crippen LogP contribution in [0, 0.1) is 0 Å². The number of nitrogens with zero attached hydrogens (tertiary/aromatic N) is 3. The fraction of sp³-hybridized carbons (Fsp3) is 0.778. The minimum atomic E-state index is 0.447.